The van der Waals surface area contributed by atoms with Crippen molar-refractivity contribution in [2.45, 2.75) is 93.3 Å². The Balaban J connectivity index is 0.00000210. The van der Waals surface area contributed by atoms with E-state index in [9.17, 15) is 0 Å². The van der Waals surface area contributed by atoms with Crippen LogP contribution in [0.1, 0.15) is 71.0 Å². The Hall–Kier alpha value is -0.583. The summed E-state index contributed by atoms with van der Waals surface area (Å²) >= 11 is -2.88. The van der Waals surface area contributed by atoms with Crippen LogP contribution in [0.5, 0.6) is 0 Å². The van der Waals surface area contributed by atoms with E-state index in [1.807, 2.05) is 0 Å². The summed E-state index contributed by atoms with van der Waals surface area (Å²) in [6, 6.07) is 18.3. The van der Waals surface area contributed by atoms with Crippen LogP contribution in [0.15, 0.2) is 60.0 Å². The van der Waals surface area contributed by atoms with Gasteiger partial charge in [0.05, 0.1) is 0 Å². The Morgan fingerprint density at radius 1 is 0.615 bits per heavy atom. The van der Waals surface area contributed by atoms with E-state index in [0.29, 0.717) is 7.25 Å². The van der Waals surface area contributed by atoms with Gasteiger partial charge in [0.1, 0.15) is 0 Å². The molecule has 0 radical (unpaired) electrons. The van der Waals surface area contributed by atoms with Crippen LogP contribution >= 0.6 is 24.8 Å². The standard InChI is InChI=1S/2C15H21OSi.C2H4.2ClH.Zr/c2*1-15(2,3)17(4,5)16-14-10-12-8-6-7-9-13(12)11-14;1-2;;;/h2*6-11H,1-5H3;1-2H2;2*1H;. The smallest absolute Gasteiger partial charge is 0.147 e. The molecule has 0 amide bonds. The third-order valence-electron chi connectivity index (χ3n) is 10.1. The van der Waals surface area contributed by atoms with Crippen LogP contribution in [0.3, 0.4) is 0 Å². The summed E-state index contributed by atoms with van der Waals surface area (Å²) in [5, 5.41) is 0.353. The van der Waals surface area contributed by atoms with Gasteiger partial charge in [-0.05, 0) is 0 Å². The summed E-state index contributed by atoms with van der Waals surface area (Å²) in [6.07, 6.45) is 4.83. The van der Waals surface area contributed by atoms with E-state index in [-0.39, 0.29) is 34.9 Å². The van der Waals surface area contributed by atoms with Crippen molar-refractivity contribution in [2.24, 2.45) is 0 Å². The molecule has 2 aromatic carbocycles. The molecule has 1 saturated heterocycles. The summed E-state index contributed by atoms with van der Waals surface area (Å²) < 4.78 is 18.2. The number of halogens is 2. The van der Waals surface area contributed by atoms with Crippen LogP contribution in [0.25, 0.3) is 12.2 Å². The van der Waals surface area contributed by atoms with E-state index in [2.05, 4.69) is 128 Å². The minimum Gasteiger partial charge on any atom is -0.147 e. The average Bonchev–Trinajstić information content (AvgIpc) is 3.33. The zero-order valence-electron chi connectivity index (χ0n) is 25.5. The number of hydrogen-bond acceptors (Lipinski definition) is 2. The Bertz CT molecular complexity index is 1190. The monoisotopic (exact) mass is 680 g/mol. The predicted octanol–water partition coefficient (Wildman–Crippen LogP) is 11.1. The van der Waals surface area contributed by atoms with E-state index in [1.54, 1.807) is 0 Å². The van der Waals surface area contributed by atoms with Gasteiger partial charge in [0.2, 0.25) is 0 Å². The van der Waals surface area contributed by atoms with Gasteiger partial charge in [0.25, 0.3) is 0 Å². The second kappa shape index (κ2) is 10.9. The number of rotatable bonds is 6. The van der Waals surface area contributed by atoms with Crippen LogP contribution in [-0.2, 0) is 29.1 Å². The first-order valence-corrected chi connectivity index (χ1v) is 26.2. The van der Waals surface area contributed by atoms with Gasteiger partial charge in [-0.1, -0.05) is 0 Å². The van der Waals surface area contributed by atoms with Gasteiger partial charge in [-0.3, -0.25) is 0 Å². The minimum absolute atomic E-state index is 0. The van der Waals surface area contributed by atoms with Crippen molar-refractivity contribution in [3.05, 3.63) is 82.3 Å². The molecular formula is C32H48Cl2O2Si2Zr. The molecule has 2 unspecified atom stereocenters. The molecule has 1 heterocycles. The Morgan fingerprint density at radius 2 is 0.949 bits per heavy atom. The molecular weight excluding hydrogens is 635 g/mol. The van der Waals surface area contributed by atoms with Crippen molar-refractivity contribution in [1.29, 1.82) is 0 Å². The zero-order chi connectivity index (χ0) is 27.0. The van der Waals surface area contributed by atoms with Crippen molar-refractivity contribution in [3.63, 3.8) is 0 Å². The average molecular weight is 683 g/mol. The second-order valence-electron chi connectivity index (χ2n) is 14.7. The molecule has 0 saturated carbocycles. The van der Waals surface area contributed by atoms with E-state index >= 15 is 0 Å². The van der Waals surface area contributed by atoms with Crippen molar-refractivity contribution in [3.8, 4) is 0 Å². The normalized spacial score (nSPS) is 21.5. The number of allylic oxidation sites excluding steroid dienone is 2. The van der Waals surface area contributed by atoms with Gasteiger partial charge in [0, 0.05) is 0 Å². The Kier molecular flexibility index (Phi) is 9.22. The number of hydrogen-bond donors (Lipinski definition) is 0. The van der Waals surface area contributed by atoms with Crippen LogP contribution in [0.4, 0.5) is 0 Å². The van der Waals surface area contributed by atoms with Crippen molar-refractivity contribution >= 4 is 53.6 Å². The number of benzene rings is 2. The maximum atomic E-state index is 7.22. The molecule has 0 spiro atoms. The van der Waals surface area contributed by atoms with E-state index in [0.717, 1.165) is 0 Å². The van der Waals surface area contributed by atoms with Gasteiger partial charge in [-0.2, -0.15) is 0 Å². The molecule has 0 aromatic heterocycles. The molecule has 7 heteroatoms. The largest absolute Gasteiger partial charge is 0.147 e. The van der Waals surface area contributed by atoms with Gasteiger partial charge < -0.3 is 0 Å². The molecule has 0 N–H and O–H groups in total. The van der Waals surface area contributed by atoms with E-state index in [4.69, 9.17) is 8.85 Å². The maximum absolute atomic E-state index is 7.22. The van der Waals surface area contributed by atoms with E-state index < -0.39 is 36.9 Å². The van der Waals surface area contributed by atoms with Crippen molar-refractivity contribution in [2.75, 3.05) is 0 Å². The predicted molar refractivity (Wildman–Crippen MR) is 175 cm³/mol. The quantitative estimate of drug-likeness (QED) is 0.282. The van der Waals surface area contributed by atoms with Gasteiger partial charge in [-0.25, -0.2) is 0 Å². The molecule has 2 aliphatic carbocycles. The molecule has 1 aliphatic heterocycles. The van der Waals surface area contributed by atoms with Crippen LogP contribution in [0, 0.1) is 0 Å². The fourth-order valence-electron chi connectivity index (χ4n) is 5.74. The SMILES string of the molecule is CC(C)(C)[Si](C)(C)OC1=Cc2ccccc2[CH]1[Zr]1([CH]2C(O[Si](C)(C)C(C)(C)C)=Cc3ccccc32)[CH2][CH2]1.Cl.Cl. The molecule has 0 bridgehead atoms. The molecule has 2 atom stereocenters. The van der Waals surface area contributed by atoms with Crippen molar-refractivity contribution < 1.29 is 29.1 Å². The Morgan fingerprint density at radius 3 is 1.26 bits per heavy atom. The van der Waals surface area contributed by atoms with Gasteiger partial charge in [-0.15, -0.1) is 24.8 Å². The first-order valence-electron chi connectivity index (χ1n) is 14.1. The van der Waals surface area contributed by atoms with Gasteiger partial charge >= 0.3 is 234 Å². The molecule has 1 fully saturated rings. The first-order chi connectivity index (χ1) is 17.1. The molecule has 2 nitrogen and oxygen atoms in total. The minimum atomic E-state index is -2.88. The third-order valence-corrected chi connectivity index (χ3v) is 31.5. The molecule has 2 aromatic rings. The fourth-order valence-corrected chi connectivity index (χ4v) is 24.8. The molecule has 3 aliphatic rings. The molecule has 5 rings (SSSR count). The zero-order valence-corrected chi connectivity index (χ0v) is 31.6. The Labute approximate surface area is 256 Å². The summed E-state index contributed by atoms with van der Waals surface area (Å²) in [6.45, 7) is 23.7. The first kappa shape index (κ1) is 32.9. The maximum Gasteiger partial charge on any atom is -0.147 e. The van der Waals surface area contributed by atoms with Crippen LogP contribution < -0.4 is 0 Å². The summed E-state index contributed by atoms with van der Waals surface area (Å²) in [5.41, 5.74) is 5.82. The molecule has 214 valence electrons. The van der Waals surface area contributed by atoms with Gasteiger partial charge in [0.15, 0.2) is 0 Å². The summed E-state index contributed by atoms with van der Waals surface area (Å²) in [7, 11) is -3.93. The second-order valence-corrected chi connectivity index (χ2v) is 35.5. The van der Waals surface area contributed by atoms with E-state index in [1.165, 1.54) is 42.0 Å². The molecule has 39 heavy (non-hydrogen) atoms. The summed E-state index contributed by atoms with van der Waals surface area (Å²) in [5.74, 6) is 2.58. The fraction of sp³-hybridized carbons (Fsp3) is 0.500. The topological polar surface area (TPSA) is 18.5 Å². The van der Waals surface area contributed by atoms with Crippen molar-refractivity contribution in [1.82, 2.24) is 0 Å². The van der Waals surface area contributed by atoms with Crippen LogP contribution in [-0.4, -0.2) is 16.6 Å². The van der Waals surface area contributed by atoms with Crippen LogP contribution in [0.2, 0.25) is 44.5 Å². The summed E-state index contributed by atoms with van der Waals surface area (Å²) in [4.78, 5) is 0. The number of fused-ring (bicyclic) bond motifs is 2. The third kappa shape index (κ3) is 5.74.